The van der Waals surface area contributed by atoms with E-state index in [0.29, 0.717) is 6.04 Å². The summed E-state index contributed by atoms with van der Waals surface area (Å²) >= 11 is 0. The topological polar surface area (TPSA) is 73.8 Å². The number of aliphatic carboxylic acids is 1. The van der Waals surface area contributed by atoms with E-state index in [9.17, 15) is 13.2 Å². The Hall–Kier alpha value is -3.24. The number of rotatable bonds is 11. The molecule has 0 bridgehead atoms. The minimum Gasteiger partial charge on any atom is -0.475 e. The summed E-state index contributed by atoms with van der Waals surface area (Å²) in [5.41, 5.74) is 6.69. The molecule has 4 rings (SSSR count). The first kappa shape index (κ1) is 31.3. The molecule has 0 amide bonds. The Labute approximate surface area is 234 Å². The van der Waals surface area contributed by atoms with Crippen molar-refractivity contribution < 1.29 is 27.8 Å². The maximum Gasteiger partial charge on any atom is 0.490 e. The molecule has 1 heterocycles. The number of methoxy groups -OCH3 is 1. The van der Waals surface area contributed by atoms with Gasteiger partial charge in [0.2, 0.25) is 0 Å². The molecule has 3 aromatic rings. The van der Waals surface area contributed by atoms with Crippen LogP contribution in [0.3, 0.4) is 0 Å². The van der Waals surface area contributed by atoms with E-state index < -0.39 is 12.1 Å². The number of carboxylic acid groups (broad SMARTS) is 1. The normalized spacial score (nSPS) is 14.4. The predicted molar refractivity (Wildman–Crippen MR) is 151 cm³/mol. The van der Waals surface area contributed by atoms with Gasteiger partial charge in [-0.3, -0.25) is 4.90 Å². The lowest BCUT2D eigenvalue weighted by molar-refractivity contribution is -0.192. The number of likely N-dealkylation sites (tertiary alicyclic amines) is 1. The van der Waals surface area contributed by atoms with Crippen LogP contribution in [0.25, 0.3) is 11.1 Å². The van der Waals surface area contributed by atoms with E-state index in [2.05, 4.69) is 94.4 Å². The quantitative estimate of drug-likeness (QED) is 0.271. The molecule has 1 aliphatic heterocycles. The Morgan fingerprint density at radius 1 is 0.925 bits per heavy atom. The summed E-state index contributed by atoms with van der Waals surface area (Å²) < 4.78 is 36.8. The van der Waals surface area contributed by atoms with Gasteiger partial charge in [-0.15, -0.1) is 0 Å². The van der Waals surface area contributed by atoms with Gasteiger partial charge in [0.15, 0.2) is 0 Å². The molecule has 1 fully saturated rings. The average Bonchev–Trinajstić information content (AvgIpc) is 2.96. The fourth-order valence-electron chi connectivity index (χ4n) is 4.56. The molecule has 3 N–H and O–H groups in total. The molecule has 3 aromatic carbocycles. The predicted octanol–water partition coefficient (Wildman–Crippen LogP) is 5.48. The number of benzene rings is 3. The van der Waals surface area contributed by atoms with Crippen molar-refractivity contribution in [1.29, 1.82) is 0 Å². The minimum atomic E-state index is -5.08. The summed E-state index contributed by atoms with van der Waals surface area (Å²) in [6, 6.07) is 29.1. The molecule has 0 aromatic heterocycles. The van der Waals surface area contributed by atoms with E-state index in [-0.39, 0.29) is 0 Å². The lowest BCUT2D eigenvalue weighted by atomic mass is 9.97. The van der Waals surface area contributed by atoms with Crippen LogP contribution in [0.2, 0.25) is 0 Å². The second-order valence-electron chi connectivity index (χ2n) is 9.74. The van der Waals surface area contributed by atoms with E-state index in [1.807, 2.05) is 0 Å². The third-order valence-corrected chi connectivity index (χ3v) is 6.75. The Morgan fingerprint density at radius 2 is 1.55 bits per heavy atom. The van der Waals surface area contributed by atoms with Crippen molar-refractivity contribution >= 4 is 5.97 Å². The number of alkyl halides is 3. The molecule has 1 saturated heterocycles. The number of carbonyl (C=O) groups is 1. The Morgan fingerprint density at radius 3 is 2.17 bits per heavy atom. The van der Waals surface area contributed by atoms with Crippen molar-refractivity contribution in [2.45, 2.75) is 44.7 Å². The molecule has 0 radical (unpaired) electrons. The standard InChI is InChI=1S/C29H37N3O.C2HF3O2/c1-33-20-17-30-21-24-11-13-26(14-12-24)29-10-6-5-9-27(29)22-31-28-15-18-32(19-16-28)23-25-7-3-2-4-8-25;3-2(4,5)1(6)7/h2-14,28,30-31H,15-23H2,1H3;(H,6,7). The highest BCUT2D eigenvalue weighted by Crippen LogP contribution is 2.25. The third-order valence-electron chi connectivity index (χ3n) is 6.75. The van der Waals surface area contributed by atoms with Gasteiger partial charge in [0, 0.05) is 39.3 Å². The summed E-state index contributed by atoms with van der Waals surface area (Å²) in [5.74, 6) is -2.76. The van der Waals surface area contributed by atoms with Crippen molar-refractivity contribution in [2.75, 3.05) is 33.4 Å². The van der Waals surface area contributed by atoms with E-state index in [1.54, 1.807) is 7.11 Å². The average molecular weight is 558 g/mol. The van der Waals surface area contributed by atoms with Crippen LogP contribution in [0.4, 0.5) is 13.2 Å². The van der Waals surface area contributed by atoms with Crippen LogP contribution in [-0.4, -0.2) is 61.5 Å². The molecule has 9 heteroatoms. The molecular weight excluding hydrogens is 519 g/mol. The summed E-state index contributed by atoms with van der Waals surface area (Å²) in [4.78, 5) is 11.5. The van der Waals surface area contributed by atoms with E-state index >= 15 is 0 Å². The summed E-state index contributed by atoms with van der Waals surface area (Å²) in [6.45, 7) is 6.79. The van der Waals surface area contributed by atoms with Gasteiger partial charge in [-0.25, -0.2) is 4.79 Å². The number of nitrogens with zero attached hydrogens (tertiary/aromatic N) is 1. The van der Waals surface area contributed by atoms with Gasteiger partial charge in [-0.2, -0.15) is 13.2 Å². The van der Waals surface area contributed by atoms with Gasteiger partial charge in [0.1, 0.15) is 0 Å². The largest absolute Gasteiger partial charge is 0.490 e. The Bertz CT molecular complexity index is 1150. The minimum absolute atomic E-state index is 0.589. The van der Waals surface area contributed by atoms with Crippen molar-refractivity contribution in [3.05, 3.63) is 95.6 Å². The second-order valence-corrected chi connectivity index (χ2v) is 9.74. The van der Waals surface area contributed by atoms with Crippen LogP contribution < -0.4 is 10.6 Å². The number of carboxylic acids is 1. The Balaban J connectivity index is 0.000000559. The molecular formula is C31H38F3N3O3. The van der Waals surface area contributed by atoms with Gasteiger partial charge >= 0.3 is 12.1 Å². The van der Waals surface area contributed by atoms with Crippen LogP contribution >= 0.6 is 0 Å². The zero-order valence-electron chi connectivity index (χ0n) is 22.8. The number of halogens is 3. The van der Waals surface area contributed by atoms with Gasteiger partial charge < -0.3 is 20.5 Å². The smallest absolute Gasteiger partial charge is 0.475 e. The van der Waals surface area contributed by atoms with Crippen molar-refractivity contribution in [3.63, 3.8) is 0 Å². The maximum absolute atomic E-state index is 10.6. The van der Waals surface area contributed by atoms with Crippen LogP contribution in [0.1, 0.15) is 29.5 Å². The van der Waals surface area contributed by atoms with Gasteiger partial charge in [0.25, 0.3) is 0 Å². The van der Waals surface area contributed by atoms with Crippen molar-refractivity contribution in [2.24, 2.45) is 0 Å². The molecule has 0 saturated carbocycles. The molecule has 1 aliphatic rings. The third kappa shape index (κ3) is 10.7. The lowest BCUT2D eigenvalue weighted by Crippen LogP contribution is -2.41. The monoisotopic (exact) mass is 557 g/mol. The van der Waals surface area contributed by atoms with Crippen molar-refractivity contribution in [3.8, 4) is 11.1 Å². The summed E-state index contributed by atoms with van der Waals surface area (Å²) in [7, 11) is 1.73. The SMILES string of the molecule is COCCNCc1ccc(-c2ccccc2CNC2CCN(Cc3ccccc3)CC2)cc1.O=C(O)C(F)(F)F. The molecule has 0 unspecified atom stereocenters. The van der Waals surface area contributed by atoms with Gasteiger partial charge in [0.05, 0.1) is 6.61 Å². The molecule has 0 aliphatic carbocycles. The first-order valence-electron chi connectivity index (χ1n) is 13.4. The number of piperidine rings is 1. The number of ether oxygens (including phenoxy) is 1. The zero-order valence-corrected chi connectivity index (χ0v) is 22.8. The van der Waals surface area contributed by atoms with E-state index in [1.165, 1.54) is 40.7 Å². The molecule has 0 atom stereocenters. The van der Waals surface area contributed by atoms with Crippen LogP contribution in [0, 0.1) is 0 Å². The lowest BCUT2D eigenvalue weighted by Gasteiger charge is -2.32. The summed E-state index contributed by atoms with van der Waals surface area (Å²) in [6.07, 6.45) is -2.67. The number of nitrogens with one attached hydrogen (secondary N) is 2. The molecule has 6 nitrogen and oxygen atoms in total. The molecule has 216 valence electrons. The van der Waals surface area contributed by atoms with Crippen LogP contribution in [0.5, 0.6) is 0 Å². The molecule has 0 spiro atoms. The van der Waals surface area contributed by atoms with Crippen LogP contribution in [-0.2, 0) is 29.2 Å². The zero-order chi connectivity index (χ0) is 28.8. The number of hydrogen-bond acceptors (Lipinski definition) is 5. The maximum atomic E-state index is 10.6. The van der Waals surface area contributed by atoms with E-state index in [4.69, 9.17) is 14.6 Å². The number of hydrogen-bond donors (Lipinski definition) is 3. The molecule has 40 heavy (non-hydrogen) atoms. The fraction of sp³-hybridized carbons (Fsp3) is 0.387. The second kappa shape index (κ2) is 16.1. The van der Waals surface area contributed by atoms with Gasteiger partial charge in [-0.1, -0.05) is 78.9 Å². The first-order valence-corrected chi connectivity index (χ1v) is 13.4. The van der Waals surface area contributed by atoms with Gasteiger partial charge in [-0.05, 0) is 53.7 Å². The highest BCUT2D eigenvalue weighted by atomic mass is 19.4. The van der Waals surface area contributed by atoms with Crippen LogP contribution in [0.15, 0.2) is 78.9 Å². The highest BCUT2D eigenvalue weighted by molar-refractivity contribution is 5.73. The highest BCUT2D eigenvalue weighted by Gasteiger charge is 2.38. The first-order chi connectivity index (χ1) is 19.3. The summed E-state index contributed by atoms with van der Waals surface area (Å²) in [5, 5.41) is 14.4. The Kier molecular flexibility index (Phi) is 12.6. The fourth-order valence-corrected chi connectivity index (χ4v) is 4.56. The van der Waals surface area contributed by atoms with Crippen molar-refractivity contribution in [1.82, 2.24) is 15.5 Å². The van der Waals surface area contributed by atoms with E-state index in [0.717, 1.165) is 45.9 Å².